The van der Waals surface area contributed by atoms with E-state index in [-0.39, 0.29) is 37.5 Å². The van der Waals surface area contributed by atoms with Gasteiger partial charge >= 0.3 is 17.9 Å². The Bertz CT molecular complexity index is 996. The molecule has 0 amide bonds. The molecule has 0 saturated heterocycles. The summed E-state index contributed by atoms with van der Waals surface area (Å²) in [6, 6.07) is 0. The average Bonchev–Trinajstić information content (AvgIpc) is 3.19. The molecule has 0 radical (unpaired) electrons. The highest BCUT2D eigenvalue weighted by molar-refractivity contribution is 5.71. The molecule has 324 valence electrons. The van der Waals surface area contributed by atoms with Gasteiger partial charge in [0.2, 0.25) is 0 Å². The van der Waals surface area contributed by atoms with Crippen LogP contribution in [0.4, 0.5) is 0 Å². The highest BCUT2D eigenvalue weighted by atomic mass is 16.6. The van der Waals surface area contributed by atoms with Crippen LogP contribution in [0.25, 0.3) is 0 Å². The fourth-order valence-corrected chi connectivity index (χ4v) is 6.49. The number of unbranched alkanes of at least 4 members (excludes halogenated alkanes) is 23. The predicted octanol–water partition coefficient (Wildman–Crippen LogP) is 15.1. The van der Waals surface area contributed by atoms with Crippen molar-refractivity contribution in [3.8, 4) is 0 Å². The Morgan fingerprint density at radius 2 is 0.661 bits per heavy atom. The number of carbonyl (C=O) groups excluding carboxylic acids is 3. The van der Waals surface area contributed by atoms with Crippen molar-refractivity contribution in [3.05, 3.63) is 48.6 Å². The topological polar surface area (TPSA) is 78.9 Å². The van der Waals surface area contributed by atoms with Crippen LogP contribution < -0.4 is 0 Å². The number of rotatable bonds is 42. The summed E-state index contributed by atoms with van der Waals surface area (Å²) in [4.78, 5) is 37.7. The fraction of sp³-hybridized carbons (Fsp3) is 0.780. The van der Waals surface area contributed by atoms with Crippen LogP contribution in [0.3, 0.4) is 0 Å². The molecule has 0 aromatic rings. The number of esters is 3. The van der Waals surface area contributed by atoms with Gasteiger partial charge in [0.25, 0.3) is 0 Å². The molecule has 1 atom stereocenters. The highest BCUT2D eigenvalue weighted by Crippen LogP contribution is 2.14. The molecule has 0 aliphatic heterocycles. The molecule has 0 aromatic carbocycles. The smallest absolute Gasteiger partial charge is 0.306 e. The van der Waals surface area contributed by atoms with E-state index in [4.69, 9.17) is 14.2 Å². The van der Waals surface area contributed by atoms with Crippen LogP contribution >= 0.6 is 0 Å². The van der Waals surface area contributed by atoms with Crippen LogP contribution in [0, 0.1) is 0 Å². The molecular weight excluding hydrogens is 697 g/mol. The normalized spacial score (nSPS) is 12.4. The Hall–Kier alpha value is -2.63. The Kier molecular flexibility index (Phi) is 43.0. The van der Waals surface area contributed by atoms with E-state index in [0.29, 0.717) is 19.3 Å². The second-order valence-corrected chi connectivity index (χ2v) is 15.7. The number of hydrogen-bond acceptors (Lipinski definition) is 6. The van der Waals surface area contributed by atoms with E-state index >= 15 is 0 Å². The van der Waals surface area contributed by atoms with E-state index in [9.17, 15) is 14.4 Å². The molecule has 0 saturated carbocycles. The van der Waals surface area contributed by atoms with Crippen LogP contribution in [0.15, 0.2) is 48.6 Å². The molecule has 0 fully saturated rings. The van der Waals surface area contributed by atoms with Crippen molar-refractivity contribution < 1.29 is 28.6 Å². The summed E-state index contributed by atoms with van der Waals surface area (Å²) in [6.45, 7) is 6.53. The van der Waals surface area contributed by atoms with Crippen molar-refractivity contribution in [3.63, 3.8) is 0 Å². The van der Waals surface area contributed by atoms with Crippen molar-refractivity contribution in [2.24, 2.45) is 0 Å². The average molecular weight is 785 g/mol. The van der Waals surface area contributed by atoms with E-state index in [1.807, 2.05) is 0 Å². The number of carbonyl (C=O) groups is 3. The van der Waals surface area contributed by atoms with Crippen LogP contribution in [0.2, 0.25) is 0 Å². The second-order valence-electron chi connectivity index (χ2n) is 15.7. The number of ether oxygens (including phenoxy) is 3. The molecule has 0 aromatic heterocycles. The third-order valence-corrected chi connectivity index (χ3v) is 10.1. The summed E-state index contributed by atoms with van der Waals surface area (Å²) >= 11 is 0. The van der Waals surface area contributed by atoms with Gasteiger partial charge in [0.1, 0.15) is 13.2 Å². The number of hydrogen-bond donors (Lipinski definition) is 0. The predicted molar refractivity (Wildman–Crippen MR) is 238 cm³/mol. The molecule has 0 spiro atoms. The molecule has 56 heavy (non-hydrogen) atoms. The lowest BCUT2D eigenvalue weighted by molar-refractivity contribution is -0.167. The lowest BCUT2D eigenvalue weighted by Crippen LogP contribution is -2.30. The van der Waals surface area contributed by atoms with Crippen LogP contribution in [0.5, 0.6) is 0 Å². The summed E-state index contributed by atoms with van der Waals surface area (Å²) in [7, 11) is 0. The van der Waals surface area contributed by atoms with Gasteiger partial charge in [-0.2, -0.15) is 0 Å². The maximum Gasteiger partial charge on any atom is 0.306 e. The Labute approximate surface area is 346 Å². The molecule has 0 aliphatic carbocycles. The van der Waals surface area contributed by atoms with E-state index in [1.165, 1.54) is 122 Å². The van der Waals surface area contributed by atoms with Crippen LogP contribution in [0.1, 0.15) is 233 Å². The molecule has 0 heterocycles. The van der Waals surface area contributed by atoms with Crippen molar-refractivity contribution >= 4 is 17.9 Å². The molecule has 1 unspecified atom stereocenters. The zero-order valence-corrected chi connectivity index (χ0v) is 36.9. The first-order valence-corrected chi connectivity index (χ1v) is 23.6. The standard InChI is InChI=1S/C50H88O6/c1-4-7-10-13-16-19-21-23-24-25-26-27-29-31-34-37-40-43-49(52)55-46-47(45-54-48(51)42-39-36-33-30-18-15-12-9-6-3)56-50(53)44-41-38-35-32-28-22-20-17-14-11-8-5-2/h16,19,23-24,26-27,31,34,47H,4-15,17-18,20-22,25,28-30,32-33,35-46H2,1-3H3/b19-16-,24-23-,27-26-,34-31-. The number of allylic oxidation sites excluding steroid dienone is 8. The van der Waals surface area contributed by atoms with Gasteiger partial charge in [-0.05, 0) is 57.8 Å². The minimum absolute atomic E-state index is 0.0874. The van der Waals surface area contributed by atoms with E-state index < -0.39 is 6.10 Å². The SMILES string of the molecule is CCCCC/C=C\C/C=C\C/C=C\C/C=C\CCCC(=O)OCC(COC(=O)CCCCCCCCCCC)OC(=O)CCCCCCCCCCCCCC. The van der Waals surface area contributed by atoms with Gasteiger partial charge in [-0.1, -0.05) is 204 Å². The molecule has 0 aliphatic rings. The van der Waals surface area contributed by atoms with Gasteiger partial charge in [0, 0.05) is 19.3 Å². The highest BCUT2D eigenvalue weighted by Gasteiger charge is 2.19. The van der Waals surface area contributed by atoms with Crippen molar-refractivity contribution in [2.45, 2.75) is 239 Å². The van der Waals surface area contributed by atoms with Gasteiger partial charge < -0.3 is 14.2 Å². The summed E-state index contributed by atoms with van der Waals surface area (Å²) in [5.41, 5.74) is 0. The third kappa shape index (κ3) is 42.5. The summed E-state index contributed by atoms with van der Waals surface area (Å²) in [5.74, 6) is -0.946. The van der Waals surface area contributed by atoms with Crippen LogP contribution in [-0.2, 0) is 28.6 Å². The summed E-state index contributed by atoms with van der Waals surface area (Å²) in [6.07, 6.45) is 52.4. The lowest BCUT2D eigenvalue weighted by atomic mass is 10.0. The minimum atomic E-state index is -0.788. The zero-order chi connectivity index (χ0) is 40.8. The lowest BCUT2D eigenvalue weighted by Gasteiger charge is -2.18. The summed E-state index contributed by atoms with van der Waals surface area (Å²) < 4.78 is 16.7. The maximum absolute atomic E-state index is 12.7. The van der Waals surface area contributed by atoms with Gasteiger partial charge in [-0.3, -0.25) is 14.4 Å². The summed E-state index contributed by atoms with van der Waals surface area (Å²) in [5, 5.41) is 0. The Morgan fingerprint density at radius 3 is 1.07 bits per heavy atom. The largest absolute Gasteiger partial charge is 0.462 e. The first kappa shape index (κ1) is 53.4. The molecule has 6 heteroatoms. The van der Waals surface area contributed by atoms with Gasteiger partial charge in [-0.15, -0.1) is 0 Å². The third-order valence-electron chi connectivity index (χ3n) is 10.1. The van der Waals surface area contributed by atoms with E-state index in [1.54, 1.807) is 0 Å². The molecule has 0 rings (SSSR count). The van der Waals surface area contributed by atoms with Crippen molar-refractivity contribution in [1.29, 1.82) is 0 Å². The first-order chi connectivity index (χ1) is 27.5. The van der Waals surface area contributed by atoms with Crippen molar-refractivity contribution in [1.82, 2.24) is 0 Å². The molecule has 6 nitrogen and oxygen atoms in total. The Morgan fingerprint density at radius 1 is 0.357 bits per heavy atom. The molecule has 0 bridgehead atoms. The van der Waals surface area contributed by atoms with Gasteiger partial charge in [0.15, 0.2) is 6.10 Å². The zero-order valence-electron chi connectivity index (χ0n) is 36.9. The van der Waals surface area contributed by atoms with Gasteiger partial charge in [-0.25, -0.2) is 0 Å². The molecular formula is C50H88O6. The van der Waals surface area contributed by atoms with Gasteiger partial charge in [0.05, 0.1) is 0 Å². The van der Waals surface area contributed by atoms with Crippen molar-refractivity contribution in [2.75, 3.05) is 13.2 Å². The second kappa shape index (κ2) is 45.1. The minimum Gasteiger partial charge on any atom is -0.462 e. The van der Waals surface area contributed by atoms with Crippen LogP contribution in [-0.4, -0.2) is 37.2 Å². The fourth-order valence-electron chi connectivity index (χ4n) is 6.49. The maximum atomic E-state index is 12.7. The Balaban J connectivity index is 4.42. The quantitative estimate of drug-likeness (QED) is 0.0265. The van der Waals surface area contributed by atoms with E-state index in [2.05, 4.69) is 69.4 Å². The first-order valence-electron chi connectivity index (χ1n) is 23.6. The monoisotopic (exact) mass is 785 g/mol. The van der Waals surface area contributed by atoms with E-state index in [0.717, 1.165) is 64.2 Å². The molecule has 0 N–H and O–H groups in total.